The third kappa shape index (κ3) is 1.30. The highest BCUT2D eigenvalue weighted by Crippen LogP contribution is 2.35. The number of thiophene rings is 1. The number of rotatable bonds is 1. The minimum Gasteiger partial charge on any atom is -0.493 e. The Bertz CT molecular complexity index is 450. The highest BCUT2D eigenvalue weighted by atomic mass is 32.1. The SMILES string of the molecule is COc1c(F)c(S)cc2sccc12. The number of hydrogen-bond donors (Lipinski definition) is 1. The minimum atomic E-state index is -0.392. The van der Waals surface area contributed by atoms with Crippen LogP contribution in [0.1, 0.15) is 0 Å². The zero-order chi connectivity index (χ0) is 9.42. The molecule has 0 atom stereocenters. The highest BCUT2D eigenvalue weighted by molar-refractivity contribution is 7.80. The van der Waals surface area contributed by atoms with E-state index in [1.165, 1.54) is 7.11 Å². The molecule has 2 rings (SSSR count). The van der Waals surface area contributed by atoms with Crippen LogP contribution in [-0.2, 0) is 0 Å². The molecule has 1 aromatic heterocycles. The molecule has 1 heterocycles. The van der Waals surface area contributed by atoms with Crippen molar-refractivity contribution in [3.8, 4) is 5.75 Å². The predicted octanol–water partition coefficient (Wildman–Crippen LogP) is 3.34. The van der Waals surface area contributed by atoms with Gasteiger partial charge in [0.05, 0.1) is 7.11 Å². The molecule has 0 N–H and O–H groups in total. The molecule has 0 unspecified atom stereocenters. The van der Waals surface area contributed by atoms with Gasteiger partial charge in [-0.15, -0.1) is 24.0 Å². The fourth-order valence-electron chi connectivity index (χ4n) is 1.24. The summed E-state index contributed by atoms with van der Waals surface area (Å²) in [4.78, 5) is 0.326. The van der Waals surface area contributed by atoms with Crippen LogP contribution < -0.4 is 4.74 Å². The van der Waals surface area contributed by atoms with Gasteiger partial charge in [-0.3, -0.25) is 0 Å². The first-order valence-corrected chi connectivity index (χ1v) is 4.99. The summed E-state index contributed by atoms with van der Waals surface area (Å²) in [5, 5.41) is 2.71. The Hall–Kier alpha value is -0.740. The number of ether oxygens (including phenoxy) is 1. The average Bonchev–Trinajstić information content (AvgIpc) is 2.54. The van der Waals surface area contributed by atoms with Gasteiger partial charge in [0, 0.05) is 15.0 Å². The lowest BCUT2D eigenvalue weighted by Gasteiger charge is -2.04. The van der Waals surface area contributed by atoms with E-state index in [1.54, 1.807) is 17.4 Å². The van der Waals surface area contributed by atoms with Gasteiger partial charge in [0.25, 0.3) is 0 Å². The second-order valence-corrected chi connectivity index (χ2v) is 4.00. The van der Waals surface area contributed by atoms with Gasteiger partial charge in [0.1, 0.15) is 0 Å². The Morgan fingerprint density at radius 2 is 2.31 bits per heavy atom. The zero-order valence-electron chi connectivity index (χ0n) is 6.87. The highest BCUT2D eigenvalue weighted by Gasteiger charge is 2.12. The number of thiol groups is 1. The summed E-state index contributed by atoms with van der Waals surface area (Å²) in [6.07, 6.45) is 0. The van der Waals surface area contributed by atoms with E-state index in [0.717, 1.165) is 10.1 Å². The molecule has 1 nitrogen and oxygen atoms in total. The summed E-state index contributed by atoms with van der Waals surface area (Å²) < 4.78 is 19.4. The average molecular weight is 214 g/mol. The van der Waals surface area contributed by atoms with Crippen molar-refractivity contribution in [3.63, 3.8) is 0 Å². The van der Waals surface area contributed by atoms with Gasteiger partial charge in [-0.1, -0.05) is 0 Å². The monoisotopic (exact) mass is 214 g/mol. The first-order chi connectivity index (χ1) is 6.24. The van der Waals surface area contributed by atoms with Gasteiger partial charge in [-0.2, -0.15) is 0 Å². The molecule has 0 spiro atoms. The van der Waals surface area contributed by atoms with Crippen molar-refractivity contribution >= 4 is 34.1 Å². The molecular weight excluding hydrogens is 207 g/mol. The van der Waals surface area contributed by atoms with Crippen molar-refractivity contribution in [1.82, 2.24) is 0 Å². The molecule has 0 amide bonds. The standard InChI is InChI=1S/C9H7FOS2/c1-11-9-5-2-3-13-7(5)4-6(12)8(9)10/h2-4,12H,1H3. The van der Waals surface area contributed by atoms with Crippen LogP contribution >= 0.6 is 24.0 Å². The summed E-state index contributed by atoms with van der Waals surface area (Å²) in [6, 6.07) is 3.55. The predicted molar refractivity (Wildman–Crippen MR) is 55.6 cm³/mol. The van der Waals surface area contributed by atoms with Crippen LogP contribution in [0.3, 0.4) is 0 Å². The Morgan fingerprint density at radius 1 is 1.54 bits per heavy atom. The molecule has 68 valence electrons. The zero-order valence-corrected chi connectivity index (χ0v) is 8.58. The van der Waals surface area contributed by atoms with E-state index in [2.05, 4.69) is 12.6 Å². The maximum Gasteiger partial charge on any atom is 0.179 e. The second kappa shape index (κ2) is 3.20. The number of methoxy groups -OCH3 is 1. The van der Waals surface area contributed by atoms with Crippen molar-refractivity contribution in [3.05, 3.63) is 23.3 Å². The molecule has 4 heteroatoms. The lowest BCUT2D eigenvalue weighted by Crippen LogP contribution is -1.89. The first kappa shape index (κ1) is 8.84. The van der Waals surface area contributed by atoms with Crippen molar-refractivity contribution in [2.45, 2.75) is 4.90 Å². The van der Waals surface area contributed by atoms with Crippen molar-refractivity contribution in [1.29, 1.82) is 0 Å². The third-order valence-electron chi connectivity index (χ3n) is 1.84. The Balaban J connectivity index is 2.87. The Labute approximate surface area is 84.6 Å². The molecule has 2 aromatic rings. The summed E-state index contributed by atoms with van der Waals surface area (Å²) in [5.41, 5.74) is 0. The van der Waals surface area contributed by atoms with Crippen LogP contribution in [0, 0.1) is 5.82 Å². The number of benzene rings is 1. The summed E-state index contributed by atoms with van der Waals surface area (Å²) in [7, 11) is 1.46. The molecule has 0 aliphatic carbocycles. The van der Waals surface area contributed by atoms with E-state index in [9.17, 15) is 4.39 Å². The van der Waals surface area contributed by atoms with E-state index in [0.29, 0.717) is 4.90 Å². The van der Waals surface area contributed by atoms with Gasteiger partial charge in [-0.05, 0) is 17.5 Å². The van der Waals surface area contributed by atoms with Gasteiger partial charge < -0.3 is 4.74 Å². The maximum atomic E-state index is 13.4. The fraction of sp³-hybridized carbons (Fsp3) is 0.111. The van der Waals surface area contributed by atoms with Crippen molar-refractivity contribution in [2.24, 2.45) is 0 Å². The molecule has 0 saturated heterocycles. The lowest BCUT2D eigenvalue weighted by molar-refractivity contribution is 0.387. The van der Waals surface area contributed by atoms with Crippen LogP contribution in [0.2, 0.25) is 0 Å². The molecule has 0 aliphatic rings. The number of halogens is 1. The summed E-state index contributed by atoms with van der Waals surface area (Å²) in [5.74, 6) is -0.111. The normalized spacial score (nSPS) is 10.7. The van der Waals surface area contributed by atoms with Gasteiger partial charge in [0.15, 0.2) is 11.6 Å². The van der Waals surface area contributed by atoms with E-state index in [-0.39, 0.29) is 5.75 Å². The van der Waals surface area contributed by atoms with Crippen LogP contribution in [-0.4, -0.2) is 7.11 Å². The lowest BCUT2D eigenvalue weighted by atomic mass is 10.2. The number of hydrogen-bond acceptors (Lipinski definition) is 3. The molecular formula is C9H7FOS2. The smallest absolute Gasteiger partial charge is 0.179 e. The van der Waals surface area contributed by atoms with Gasteiger partial charge in [0.2, 0.25) is 0 Å². The molecule has 13 heavy (non-hydrogen) atoms. The third-order valence-corrected chi connectivity index (χ3v) is 3.03. The molecule has 0 radical (unpaired) electrons. The molecule has 1 aromatic carbocycles. The van der Waals surface area contributed by atoms with Gasteiger partial charge in [-0.25, -0.2) is 4.39 Å². The van der Waals surface area contributed by atoms with Gasteiger partial charge >= 0.3 is 0 Å². The number of fused-ring (bicyclic) bond motifs is 1. The maximum absolute atomic E-state index is 13.4. The summed E-state index contributed by atoms with van der Waals surface area (Å²) >= 11 is 5.57. The van der Waals surface area contributed by atoms with Crippen molar-refractivity contribution in [2.75, 3.05) is 7.11 Å². The van der Waals surface area contributed by atoms with Crippen LogP contribution in [0.5, 0.6) is 5.75 Å². The van der Waals surface area contributed by atoms with Crippen LogP contribution in [0.4, 0.5) is 4.39 Å². The molecule has 0 saturated carbocycles. The van der Waals surface area contributed by atoms with Crippen LogP contribution in [0.15, 0.2) is 22.4 Å². The van der Waals surface area contributed by atoms with E-state index >= 15 is 0 Å². The van der Waals surface area contributed by atoms with E-state index < -0.39 is 5.82 Å². The quantitative estimate of drug-likeness (QED) is 0.716. The Kier molecular flexibility index (Phi) is 2.17. The summed E-state index contributed by atoms with van der Waals surface area (Å²) in [6.45, 7) is 0. The van der Waals surface area contributed by atoms with E-state index in [4.69, 9.17) is 4.74 Å². The topological polar surface area (TPSA) is 9.23 Å². The largest absolute Gasteiger partial charge is 0.493 e. The fourth-order valence-corrected chi connectivity index (χ4v) is 2.38. The first-order valence-electron chi connectivity index (χ1n) is 3.66. The van der Waals surface area contributed by atoms with Crippen molar-refractivity contribution < 1.29 is 9.13 Å². The molecule has 0 fully saturated rings. The molecule has 0 aliphatic heterocycles. The minimum absolute atomic E-state index is 0.281. The molecule has 0 bridgehead atoms. The van der Waals surface area contributed by atoms with E-state index in [1.807, 2.05) is 11.4 Å². The van der Waals surface area contributed by atoms with Crippen LogP contribution in [0.25, 0.3) is 10.1 Å². The second-order valence-electron chi connectivity index (χ2n) is 2.58. The Morgan fingerprint density at radius 3 is 3.00 bits per heavy atom.